The summed E-state index contributed by atoms with van der Waals surface area (Å²) < 4.78 is 0. The Labute approximate surface area is 86.9 Å². The second kappa shape index (κ2) is 4.89. The maximum atomic E-state index is 3.21. The van der Waals surface area contributed by atoms with Crippen molar-refractivity contribution in [3.8, 4) is 0 Å². The Morgan fingerprint density at radius 2 is 2.00 bits per heavy atom. The molecule has 0 aliphatic heterocycles. The molecule has 0 aromatic heterocycles. The van der Waals surface area contributed by atoms with Gasteiger partial charge in [0.05, 0.1) is 11.4 Å². The molecule has 2 heteroatoms. The lowest BCUT2D eigenvalue weighted by Gasteiger charge is -2.28. The van der Waals surface area contributed by atoms with Gasteiger partial charge in [-0.05, 0) is 25.5 Å². The van der Waals surface area contributed by atoms with Gasteiger partial charge in [0.25, 0.3) is 0 Å². The first-order chi connectivity index (χ1) is 6.70. The minimum Gasteiger partial charge on any atom is -0.386 e. The van der Waals surface area contributed by atoms with Crippen LogP contribution in [0.1, 0.15) is 20.3 Å². The van der Waals surface area contributed by atoms with Gasteiger partial charge in [-0.25, -0.2) is 0 Å². The molecule has 0 spiro atoms. The Bertz CT molecular complexity index is 283. The van der Waals surface area contributed by atoms with Crippen molar-refractivity contribution in [2.45, 2.75) is 26.3 Å². The third-order valence-electron chi connectivity index (χ3n) is 2.81. The van der Waals surface area contributed by atoms with Crippen molar-refractivity contribution in [2.75, 3.05) is 24.3 Å². The molecule has 0 saturated heterocycles. The molecule has 1 aromatic carbocycles. The van der Waals surface area contributed by atoms with E-state index in [0.29, 0.717) is 6.04 Å². The Kier molecular flexibility index (Phi) is 3.81. The van der Waals surface area contributed by atoms with Gasteiger partial charge in [-0.3, -0.25) is 0 Å². The molecule has 1 rings (SSSR count). The van der Waals surface area contributed by atoms with Gasteiger partial charge in [-0.15, -0.1) is 0 Å². The normalized spacial score (nSPS) is 12.3. The summed E-state index contributed by atoms with van der Waals surface area (Å²) in [4.78, 5) is 2.31. The van der Waals surface area contributed by atoms with Gasteiger partial charge in [0.2, 0.25) is 0 Å². The van der Waals surface area contributed by atoms with E-state index in [-0.39, 0.29) is 0 Å². The molecular formula is C12H20N2. The lowest BCUT2D eigenvalue weighted by atomic mass is 10.2. The molecule has 0 aliphatic carbocycles. The van der Waals surface area contributed by atoms with E-state index in [1.54, 1.807) is 0 Å². The molecule has 1 N–H and O–H groups in total. The van der Waals surface area contributed by atoms with Gasteiger partial charge in [-0.2, -0.15) is 0 Å². The predicted octanol–water partition coefficient (Wildman–Crippen LogP) is 2.96. The summed E-state index contributed by atoms with van der Waals surface area (Å²) in [5.74, 6) is 0. The first-order valence-corrected chi connectivity index (χ1v) is 5.20. The Morgan fingerprint density at radius 1 is 1.36 bits per heavy atom. The van der Waals surface area contributed by atoms with E-state index in [2.05, 4.69) is 55.4 Å². The molecule has 0 aliphatic rings. The largest absolute Gasteiger partial charge is 0.386 e. The van der Waals surface area contributed by atoms with Crippen LogP contribution in [-0.2, 0) is 0 Å². The zero-order valence-electron chi connectivity index (χ0n) is 9.54. The monoisotopic (exact) mass is 192 g/mol. The van der Waals surface area contributed by atoms with Gasteiger partial charge in [0.1, 0.15) is 0 Å². The highest BCUT2D eigenvalue weighted by molar-refractivity contribution is 5.69. The summed E-state index contributed by atoms with van der Waals surface area (Å²) in [5, 5.41) is 3.21. The molecule has 0 fully saturated rings. The van der Waals surface area contributed by atoms with Crippen molar-refractivity contribution in [3.63, 3.8) is 0 Å². The van der Waals surface area contributed by atoms with Gasteiger partial charge >= 0.3 is 0 Å². The molecule has 14 heavy (non-hydrogen) atoms. The molecule has 0 bridgehead atoms. The summed E-state index contributed by atoms with van der Waals surface area (Å²) in [7, 11) is 4.10. The number of para-hydroxylation sites is 2. The van der Waals surface area contributed by atoms with Crippen molar-refractivity contribution >= 4 is 11.4 Å². The Morgan fingerprint density at radius 3 is 2.57 bits per heavy atom. The van der Waals surface area contributed by atoms with E-state index in [4.69, 9.17) is 0 Å². The van der Waals surface area contributed by atoms with Crippen LogP contribution >= 0.6 is 0 Å². The first-order valence-electron chi connectivity index (χ1n) is 5.20. The topological polar surface area (TPSA) is 15.3 Å². The quantitative estimate of drug-likeness (QED) is 0.789. The summed E-state index contributed by atoms with van der Waals surface area (Å²) in [6.07, 6.45) is 1.16. The number of hydrogen-bond acceptors (Lipinski definition) is 2. The van der Waals surface area contributed by atoms with Gasteiger partial charge in [0.15, 0.2) is 0 Å². The lowest BCUT2D eigenvalue weighted by Crippen LogP contribution is -2.28. The second-order valence-corrected chi connectivity index (χ2v) is 3.64. The van der Waals surface area contributed by atoms with Gasteiger partial charge in [-0.1, -0.05) is 19.1 Å². The van der Waals surface area contributed by atoms with Crippen LogP contribution in [0, 0.1) is 0 Å². The fraction of sp³-hybridized carbons (Fsp3) is 0.500. The maximum Gasteiger partial charge on any atom is 0.0601 e. The summed E-state index contributed by atoms with van der Waals surface area (Å²) >= 11 is 0. The summed E-state index contributed by atoms with van der Waals surface area (Å²) in [5.41, 5.74) is 2.46. The summed E-state index contributed by atoms with van der Waals surface area (Å²) in [6, 6.07) is 8.96. The zero-order chi connectivity index (χ0) is 10.6. The van der Waals surface area contributed by atoms with E-state index in [1.165, 1.54) is 11.4 Å². The van der Waals surface area contributed by atoms with E-state index in [1.807, 2.05) is 7.05 Å². The molecule has 1 atom stereocenters. The average Bonchev–Trinajstić information content (AvgIpc) is 2.26. The fourth-order valence-corrected chi connectivity index (χ4v) is 1.50. The van der Waals surface area contributed by atoms with Crippen LogP contribution in [0.2, 0.25) is 0 Å². The van der Waals surface area contributed by atoms with Crippen LogP contribution in [0.3, 0.4) is 0 Å². The molecule has 78 valence electrons. The number of anilines is 2. The Hall–Kier alpha value is -1.18. The van der Waals surface area contributed by atoms with Gasteiger partial charge < -0.3 is 10.2 Å². The first kappa shape index (κ1) is 10.9. The third-order valence-corrected chi connectivity index (χ3v) is 2.81. The summed E-state index contributed by atoms with van der Waals surface area (Å²) in [6.45, 7) is 4.45. The van der Waals surface area contributed by atoms with Crippen LogP contribution in [0.25, 0.3) is 0 Å². The minimum atomic E-state index is 0.574. The fourth-order valence-electron chi connectivity index (χ4n) is 1.50. The van der Waals surface area contributed by atoms with Crippen molar-refractivity contribution < 1.29 is 0 Å². The number of benzene rings is 1. The van der Waals surface area contributed by atoms with Crippen LogP contribution < -0.4 is 10.2 Å². The van der Waals surface area contributed by atoms with Crippen molar-refractivity contribution in [1.82, 2.24) is 0 Å². The highest BCUT2D eigenvalue weighted by Gasteiger charge is 2.10. The van der Waals surface area contributed by atoms with Crippen LogP contribution in [0.5, 0.6) is 0 Å². The average molecular weight is 192 g/mol. The minimum absolute atomic E-state index is 0.574. The number of nitrogens with zero attached hydrogens (tertiary/aromatic N) is 1. The molecule has 0 radical (unpaired) electrons. The molecule has 2 nitrogen and oxygen atoms in total. The molecule has 0 amide bonds. The second-order valence-electron chi connectivity index (χ2n) is 3.64. The van der Waals surface area contributed by atoms with E-state index in [0.717, 1.165) is 6.42 Å². The van der Waals surface area contributed by atoms with E-state index in [9.17, 15) is 0 Å². The third kappa shape index (κ3) is 2.19. The number of hydrogen-bond donors (Lipinski definition) is 1. The van der Waals surface area contributed by atoms with Gasteiger partial charge in [0, 0.05) is 20.1 Å². The van der Waals surface area contributed by atoms with Crippen LogP contribution in [0.15, 0.2) is 24.3 Å². The molecular weight excluding hydrogens is 172 g/mol. The van der Waals surface area contributed by atoms with Crippen LogP contribution in [-0.4, -0.2) is 20.1 Å². The highest BCUT2D eigenvalue weighted by Crippen LogP contribution is 2.25. The van der Waals surface area contributed by atoms with Crippen molar-refractivity contribution in [3.05, 3.63) is 24.3 Å². The molecule has 0 heterocycles. The number of rotatable bonds is 4. The Balaban J connectivity index is 2.93. The van der Waals surface area contributed by atoms with Crippen LogP contribution in [0.4, 0.5) is 11.4 Å². The molecule has 0 saturated carbocycles. The highest BCUT2D eigenvalue weighted by atomic mass is 15.1. The van der Waals surface area contributed by atoms with E-state index < -0.39 is 0 Å². The SMILES string of the molecule is CCC(C)N(C)c1ccccc1NC. The van der Waals surface area contributed by atoms with E-state index >= 15 is 0 Å². The smallest absolute Gasteiger partial charge is 0.0601 e. The standard InChI is InChI=1S/C12H20N2/c1-5-10(2)14(4)12-9-7-6-8-11(12)13-3/h6-10,13H,5H2,1-4H3. The predicted molar refractivity (Wildman–Crippen MR) is 64.1 cm³/mol. The van der Waals surface area contributed by atoms with Crippen molar-refractivity contribution in [1.29, 1.82) is 0 Å². The molecule has 1 unspecified atom stereocenters. The zero-order valence-corrected chi connectivity index (χ0v) is 9.54. The number of nitrogens with one attached hydrogen (secondary N) is 1. The molecule has 1 aromatic rings. The van der Waals surface area contributed by atoms with Crippen molar-refractivity contribution in [2.24, 2.45) is 0 Å². The lowest BCUT2D eigenvalue weighted by molar-refractivity contribution is 0.664. The maximum absolute atomic E-state index is 3.21.